The van der Waals surface area contributed by atoms with Crippen molar-refractivity contribution in [2.24, 2.45) is 4.99 Å². The summed E-state index contributed by atoms with van der Waals surface area (Å²) in [5.41, 5.74) is 3.98. The van der Waals surface area contributed by atoms with E-state index in [2.05, 4.69) is 67.7 Å². The van der Waals surface area contributed by atoms with Gasteiger partial charge in [0.05, 0.1) is 11.4 Å². The first kappa shape index (κ1) is 13.1. The Morgan fingerprint density at radius 3 is 2.50 bits per heavy atom. The summed E-state index contributed by atoms with van der Waals surface area (Å²) in [6.45, 7) is 4.37. The molecule has 0 radical (unpaired) electrons. The first-order valence-electron chi connectivity index (χ1n) is 7.12. The van der Waals surface area contributed by atoms with Crippen LogP contribution in [-0.2, 0) is 0 Å². The van der Waals surface area contributed by atoms with Crippen LogP contribution in [0.5, 0.6) is 0 Å². The number of benzene rings is 2. The Kier molecular flexibility index (Phi) is 3.41. The van der Waals surface area contributed by atoms with Crippen molar-refractivity contribution in [1.82, 2.24) is 5.32 Å². The van der Waals surface area contributed by atoms with E-state index in [0.717, 1.165) is 5.36 Å². The lowest BCUT2D eigenvalue weighted by molar-refractivity contribution is 0.700. The van der Waals surface area contributed by atoms with Crippen LogP contribution in [0.2, 0.25) is 0 Å². The van der Waals surface area contributed by atoms with E-state index in [1.54, 1.807) is 0 Å². The van der Waals surface area contributed by atoms with E-state index < -0.39 is 0 Å². The first-order valence-corrected chi connectivity index (χ1v) is 7.12. The van der Waals surface area contributed by atoms with E-state index in [0.29, 0.717) is 6.04 Å². The van der Waals surface area contributed by atoms with Crippen LogP contribution in [0.25, 0.3) is 5.57 Å². The van der Waals surface area contributed by atoms with E-state index in [4.69, 9.17) is 4.99 Å². The minimum Gasteiger partial charge on any atom is -0.313 e. The molecule has 0 fully saturated rings. The standard InChI is InChI=1S/C18H20N2/c1-12-8-4-5-9-14(12)18-17(13(2)19-3)15-10-6-7-11-16(15)20-18/h4-11,13,18-19H,1-3H3. The van der Waals surface area contributed by atoms with E-state index in [1.807, 2.05) is 7.05 Å². The van der Waals surface area contributed by atoms with Crippen molar-refractivity contribution >= 4 is 5.57 Å². The molecule has 1 N–H and O–H groups in total. The molecule has 1 aliphatic heterocycles. The topological polar surface area (TPSA) is 24.4 Å². The van der Waals surface area contributed by atoms with Crippen molar-refractivity contribution in [3.05, 3.63) is 70.2 Å². The Morgan fingerprint density at radius 2 is 1.75 bits per heavy atom. The van der Waals surface area contributed by atoms with Gasteiger partial charge < -0.3 is 5.32 Å². The number of aryl methyl sites for hydroxylation is 1. The van der Waals surface area contributed by atoms with Gasteiger partial charge in [0.2, 0.25) is 0 Å². The molecule has 0 aromatic heterocycles. The Hall–Kier alpha value is -1.93. The molecule has 2 heteroatoms. The summed E-state index contributed by atoms with van der Waals surface area (Å²) in [5.74, 6) is 0. The Balaban J connectivity index is 2.24. The predicted molar refractivity (Wildman–Crippen MR) is 83.1 cm³/mol. The normalized spacial score (nSPS) is 18.6. The van der Waals surface area contributed by atoms with Gasteiger partial charge in [-0.2, -0.15) is 0 Å². The third kappa shape index (κ3) is 2.06. The average molecular weight is 264 g/mol. The van der Waals surface area contributed by atoms with E-state index in [-0.39, 0.29) is 6.04 Å². The van der Waals surface area contributed by atoms with Gasteiger partial charge in [-0.1, -0.05) is 42.5 Å². The highest BCUT2D eigenvalue weighted by Crippen LogP contribution is 2.31. The van der Waals surface area contributed by atoms with Crippen LogP contribution in [-0.4, -0.2) is 13.1 Å². The van der Waals surface area contributed by atoms with Crippen LogP contribution in [0.3, 0.4) is 0 Å². The molecule has 1 aliphatic rings. The molecular formula is C18H20N2. The summed E-state index contributed by atoms with van der Waals surface area (Å²) in [6.07, 6.45) is 0. The van der Waals surface area contributed by atoms with E-state index >= 15 is 0 Å². The van der Waals surface area contributed by atoms with Crippen LogP contribution in [0.1, 0.15) is 24.1 Å². The van der Waals surface area contributed by atoms with Crippen LogP contribution >= 0.6 is 0 Å². The highest BCUT2D eigenvalue weighted by molar-refractivity contribution is 5.62. The van der Waals surface area contributed by atoms with Crippen LogP contribution in [0.4, 0.5) is 0 Å². The predicted octanol–water partition coefficient (Wildman–Crippen LogP) is 2.13. The van der Waals surface area contributed by atoms with Crippen molar-refractivity contribution in [2.75, 3.05) is 7.05 Å². The van der Waals surface area contributed by atoms with Crippen molar-refractivity contribution in [3.63, 3.8) is 0 Å². The number of nitrogens with zero attached hydrogens (tertiary/aromatic N) is 1. The fourth-order valence-corrected chi connectivity index (χ4v) is 2.94. The number of rotatable bonds is 3. The summed E-state index contributed by atoms with van der Waals surface area (Å²) in [4.78, 5) is 4.96. The molecular weight excluding hydrogens is 244 g/mol. The lowest BCUT2D eigenvalue weighted by Gasteiger charge is -2.21. The van der Waals surface area contributed by atoms with Crippen LogP contribution in [0, 0.1) is 6.92 Å². The molecule has 0 saturated carbocycles. The second-order valence-corrected chi connectivity index (χ2v) is 5.37. The number of nitrogens with one attached hydrogen (secondary N) is 1. The van der Waals surface area contributed by atoms with Gasteiger partial charge >= 0.3 is 0 Å². The van der Waals surface area contributed by atoms with Gasteiger partial charge in [-0.15, -0.1) is 0 Å². The van der Waals surface area contributed by atoms with Crippen molar-refractivity contribution < 1.29 is 0 Å². The molecule has 1 heterocycles. The first-order chi connectivity index (χ1) is 9.72. The monoisotopic (exact) mass is 264 g/mol. The lowest BCUT2D eigenvalue weighted by atomic mass is 9.91. The molecule has 0 spiro atoms. The smallest absolute Gasteiger partial charge is 0.0994 e. The molecule has 0 amide bonds. The maximum atomic E-state index is 4.96. The fourth-order valence-electron chi connectivity index (χ4n) is 2.94. The summed E-state index contributed by atoms with van der Waals surface area (Å²) in [6, 6.07) is 17.4. The molecule has 3 rings (SSSR count). The van der Waals surface area contributed by atoms with Crippen molar-refractivity contribution in [3.8, 4) is 0 Å². The zero-order chi connectivity index (χ0) is 14.1. The zero-order valence-electron chi connectivity index (χ0n) is 12.2. The second-order valence-electron chi connectivity index (χ2n) is 5.37. The third-order valence-electron chi connectivity index (χ3n) is 4.16. The van der Waals surface area contributed by atoms with Gasteiger partial charge in [-0.3, -0.25) is 4.99 Å². The average Bonchev–Trinajstić information content (AvgIpc) is 2.86. The Bertz CT molecular complexity index is 746. The largest absolute Gasteiger partial charge is 0.313 e. The van der Waals surface area contributed by atoms with E-state index in [9.17, 15) is 0 Å². The number of fused-ring (bicyclic) bond motifs is 1. The van der Waals surface area contributed by atoms with E-state index in [1.165, 1.54) is 21.9 Å². The lowest BCUT2D eigenvalue weighted by Crippen LogP contribution is -2.31. The van der Waals surface area contributed by atoms with Gasteiger partial charge in [0.15, 0.2) is 0 Å². The maximum Gasteiger partial charge on any atom is 0.0994 e. The Morgan fingerprint density at radius 1 is 1.05 bits per heavy atom. The minimum absolute atomic E-state index is 0.135. The van der Waals surface area contributed by atoms with Gasteiger partial charge in [-0.05, 0) is 43.7 Å². The van der Waals surface area contributed by atoms with Crippen LogP contribution < -0.4 is 15.9 Å². The maximum absolute atomic E-state index is 4.96. The van der Waals surface area contributed by atoms with Gasteiger partial charge in [0.25, 0.3) is 0 Å². The third-order valence-corrected chi connectivity index (χ3v) is 4.16. The van der Waals surface area contributed by atoms with Gasteiger partial charge in [0, 0.05) is 11.3 Å². The van der Waals surface area contributed by atoms with Crippen molar-refractivity contribution in [1.29, 1.82) is 0 Å². The molecule has 0 saturated heterocycles. The number of para-hydroxylation sites is 1. The minimum atomic E-state index is 0.135. The molecule has 20 heavy (non-hydrogen) atoms. The van der Waals surface area contributed by atoms with Crippen molar-refractivity contribution in [2.45, 2.75) is 25.9 Å². The number of hydrogen-bond donors (Lipinski definition) is 1. The molecule has 2 aromatic carbocycles. The zero-order valence-corrected chi connectivity index (χ0v) is 12.2. The SMILES string of the molecule is CNC(C)C1=c2ccccc2=NC1c1ccccc1C. The molecule has 2 atom stereocenters. The second kappa shape index (κ2) is 5.22. The number of hydrogen-bond acceptors (Lipinski definition) is 2. The fraction of sp³-hybridized carbons (Fsp3) is 0.278. The van der Waals surface area contributed by atoms with Gasteiger partial charge in [-0.25, -0.2) is 0 Å². The molecule has 2 nitrogen and oxygen atoms in total. The van der Waals surface area contributed by atoms with Crippen LogP contribution in [0.15, 0.2) is 53.5 Å². The molecule has 102 valence electrons. The molecule has 2 aromatic rings. The summed E-state index contributed by atoms with van der Waals surface area (Å²) >= 11 is 0. The molecule has 2 unspecified atom stereocenters. The highest BCUT2D eigenvalue weighted by atomic mass is 14.9. The summed E-state index contributed by atoms with van der Waals surface area (Å²) in [5, 5.41) is 5.76. The molecule has 0 bridgehead atoms. The Labute approximate surface area is 119 Å². The quantitative estimate of drug-likeness (QED) is 0.902. The highest BCUT2D eigenvalue weighted by Gasteiger charge is 2.25. The summed E-state index contributed by atoms with van der Waals surface area (Å²) < 4.78 is 0. The molecule has 0 aliphatic carbocycles. The van der Waals surface area contributed by atoms with Gasteiger partial charge in [0.1, 0.15) is 0 Å². The summed E-state index contributed by atoms with van der Waals surface area (Å²) in [7, 11) is 2.01.